The van der Waals surface area contributed by atoms with Crippen molar-refractivity contribution in [3.63, 3.8) is 0 Å². The summed E-state index contributed by atoms with van der Waals surface area (Å²) in [5.74, 6) is 0. The van der Waals surface area contributed by atoms with Gasteiger partial charge in [-0.3, -0.25) is 12.2 Å². The molecule has 0 atom stereocenters. The van der Waals surface area contributed by atoms with E-state index in [1.54, 1.807) is 0 Å². The minimum absolute atomic E-state index is 0. The van der Waals surface area contributed by atoms with Crippen LogP contribution >= 0.6 is 0 Å². The van der Waals surface area contributed by atoms with Crippen LogP contribution in [0.15, 0.2) is 95.1 Å². The van der Waals surface area contributed by atoms with Gasteiger partial charge in [0.2, 0.25) is 0 Å². The molecular weight excluding hydrogens is 467 g/mol. The first kappa shape index (κ1) is 30.6. The van der Waals surface area contributed by atoms with E-state index in [0.717, 1.165) is 12.8 Å². The van der Waals surface area contributed by atoms with E-state index in [1.165, 1.54) is 50.1 Å². The molecule has 32 heavy (non-hydrogen) atoms. The Labute approximate surface area is 219 Å². The average Bonchev–Trinajstić information content (AvgIpc) is 3.43. The second-order valence-electron chi connectivity index (χ2n) is 7.49. The molecule has 0 aliphatic heterocycles. The van der Waals surface area contributed by atoms with Gasteiger partial charge in [0.1, 0.15) is 0 Å². The fourth-order valence-corrected chi connectivity index (χ4v) is 3.67. The molecule has 0 spiro atoms. The molecule has 0 bridgehead atoms. The Balaban J connectivity index is 0.000000465. The Morgan fingerprint density at radius 3 is 1.25 bits per heavy atom. The number of rotatable bonds is 4. The quantitative estimate of drug-likeness (QED) is 0.445. The molecule has 0 N–H and O–H groups in total. The fraction of sp³-hybridized carbons (Fsp3) is 0.276. The molecule has 168 valence electrons. The molecule has 0 saturated carbocycles. The van der Waals surface area contributed by atoms with Gasteiger partial charge in [-0.1, -0.05) is 40.5 Å². The van der Waals surface area contributed by atoms with Crippen molar-refractivity contribution < 1.29 is 44.8 Å². The van der Waals surface area contributed by atoms with Gasteiger partial charge in [-0.2, -0.15) is 11.1 Å². The van der Waals surface area contributed by atoms with E-state index < -0.39 is 0 Å². The summed E-state index contributed by atoms with van der Waals surface area (Å²) in [5, 5.41) is 0. The zero-order chi connectivity index (χ0) is 21.8. The molecule has 0 fully saturated rings. The number of benzene rings is 2. The van der Waals surface area contributed by atoms with E-state index in [4.69, 9.17) is 0 Å². The molecule has 2 aliphatic rings. The van der Waals surface area contributed by atoms with E-state index >= 15 is 0 Å². The SMILES string of the molecule is CCC1=CC(C)=[C-]C1.CCC1=CC(C)=[C-]C1.[Cl-].[Cl-].[Ti+2]=[C](c1ccccc1)c1ccccc1. The summed E-state index contributed by atoms with van der Waals surface area (Å²) in [6, 6.07) is 20.9. The van der Waals surface area contributed by atoms with Crippen LogP contribution in [0.25, 0.3) is 0 Å². The third kappa shape index (κ3) is 10.9. The maximum absolute atomic E-state index is 3.24. The van der Waals surface area contributed by atoms with Crippen LogP contribution in [0.3, 0.4) is 0 Å². The number of hydrogen-bond acceptors (Lipinski definition) is 0. The van der Waals surface area contributed by atoms with Crippen LogP contribution in [0.2, 0.25) is 0 Å². The number of halogens is 2. The Morgan fingerprint density at radius 2 is 1.03 bits per heavy atom. The molecule has 2 aromatic rings. The van der Waals surface area contributed by atoms with Gasteiger partial charge in [-0.15, -0.1) is 12.8 Å². The van der Waals surface area contributed by atoms with Crippen LogP contribution in [-0.4, -0.2) is 3.81 Å². The first-order chi connectivity index (χ1) is 14.5. The van der Waals surface area contributed by atoms with Crippen LogP contribution in [0.1, 0.15) is 64.5 Å². The summed E-state index contributed by atoms with van der Waals surface area (Å²) in [7, 11) is 0. The van der Waals surface area contributed by atoms with Gasteiger partial charge in [0, 0.05) is 0 Å². The molecule has 0 saturated heterocycles. The summed E-state index contributed by atoms with van der Waals surface area (Å²) < 4.78 is 1.33. The first-order valence-corrected chi connectivity index (χ1v) is 11.5. The van der Waals surface area contributed by atoms with Gasteiger partial charge in [0.15, 0.2) is 0 Å². The first-order valence-electron chi connectivity index (χ1n) is 10.8. The van der Waals surface area contributed by atoms with Crippen LogP contribution in [0.5, 0.6) is 0 Å². The molecule has 0 aromatic heterocycles. The molecule has 0 heterocycles. The fourth-order valence-electron chi connectivity index (χ4n) is 3.15. The zero-order valence-electron chi connectivity index (χ0n) is 19.5. The summed E-state index contributed by atoms with van der Waals surface area (Å²) in [6.45, 7) is 8.57. The molecule has 0 unspecified atom stereocenters. The van der Waals surface area contributed by atoms with Gasteiger partial charge < -0.3 is 24.8 Å². The summed E-state index contributed by atoms with van der Waals surface area (Å²) in [5.41, 5.74) is 8.23. The number of hydrogen-bond donors (Lipinski definition) is 0. The van der Waals surface area contributed by atoms with E-state index in [0.29, 0.717) is 0 Å². The summed E-state index contributed by atoms with van der Waals surface area (Å²) in [4.78, 5) is 0. The van der Waals surface area contributed by atoms with Gasteiger partial charge in [0.25, 0.3) is 0 Å². The number of allylic oxidation sites excluding steroid dienone is 8. The Kier molecular flexibility index (Phi) is 16.3. The molecular formula is C29H32Cl2Ti-2. The molecule has 0 amide bonds. The maximum atomic E-state index is 3.24. The van der Waals surface area contributed by atoms with Gasteiger partial charge >= 0.3 is 95.6 Å². The van der Waals surface area contributed by atoms with Crippen molar-refractivity contribution in [3.05, 3.63) is 118 Å². The van der Waals surface area contributed by atoms with Crippen LogP contribution in [0.4, 0.5) is 0 Å². The molecule has 2 aromatic carbocycles. The molecule has 0 radical (unpaired) electrons. The minimum atomic E-state index is 0. The Bertz CT molecular complexity index is 858. The van der Waals surface area contributed by atoms with E-state index in [1.807, 2.05) is 12.1 Å². The monoisotopic (exact) mass is 498 g/mol. The van der Waals surface area contributed by atoms with Crippen molar-refractivity contribution in [1.82, 2.24) is 0 Å². The predicted molar refractivity (Wildman–Crippen MR) is 127 cm³/mol. The normalized spacial score (nSPS) is 13.4. The standard InChI is InChI=1S/C13H10.2C8H11.2ClH.Ti/c1-3-7-12(8-4-1)11-13-9-5-2-6-10-13;2*1-3-8-5-4-7(2)6-8;;;/h1-10H;2*6H,3,5H2,1-2H3;2*1H;/q;2*-1;;;+2/p-2. The van der Waals surface area contributed by atoms with Crippen LogP contribution in [-0.2, 0) is 20.0 Å². The molecule has 2 aliphatic carbocycles. The second kappa shape index (κ2) is 17.1. The molecule has 4 rings (SSSR count). The van der Waals surface area contributed by atoms with Gasteiger partial charge in [-0.25, -0.2) is 23.3 Å². The third-order valence-electron chi connectivity index (χ3n) is 5.06. The Hall–Kier alpha value is -1.44. The molecule has 3 heteroatoms. The van der Waals surface area contributed by atoms with Gasteiger partial charge in [-0.05, 0) is 0 Å². The van der Waals surface area contributed by atoms with Crippen molar-refractivity contribution in [2.24, 2.45) is 0 Å². The van der Waals surface area contributed by atoms with Crippen molar-refractivity contribution in [2.75, 3.05) is 0 Å². The zero-order valence-corrected chi connectivity index (χ0v) is 22.6. The van der Waals surface area contributed by atoms with Crippen molar-refractivity contribution in [2.45, 2.75) is 53.4 Å². The van der Waals surface area contributed by atoms with E-state index in [-0.39, 0.29) is 24.8 Å². The van der Waals surface area contributed by atoms with E-state index in [2.05, 4.69) is 121 Å². The third-order valence-corrected chi connectivity index (χ3v) is 5.96. The second-order valence-corrected chi connectivity index (χ2v) is 8.27. The van der Waals surface area contributed by atoms with Crippen molar-refractivity contribution in [3.8, 4) is 0 Å². The topological polar surface area (TPSA) is 0 Å². The predicted octanol–water partition coefficient (Wildman–Crippen LogP) is 1.76. The van der Waals surface area contributed by atoms with Crippen molar-refractivity contribution in [1.29, 1.82) is 0 Å². The average molecular weight is 499 g/mol. The van der Waals surface area contributed by atoms with Crippen LogP contribution < -0.4 is 24.8 Å². The summed E-state index contributed by atoms with van der Waals surface area (Å²) >= 11 is 2.16. The Morgan fingerprint density at radius 1 is 0.688 bits per heavy atom. The van der Waals surface area contributed by atoms with Crippen LogP contribution in [0, 0.1) is 12.2 Å². The summed E-state index contributed by atoms with van der Waals surface area (Å²) in [6.07, 6.45) is 15.4. The van der Waals surface area contributed by atoms with Gasteiger partial charge in [0.05, 0.1) is 0 Å². The molecule has 0 nitrogen and oxygen atoms in total. The van der Waals surface area contributed by atoms with E-state index in [9.17, 15) is 0 Å². The van der Waals surface area contributed by atoms with Crippen molar-refractivity contribution >= 4 is 3.81 Å².